The van der Waals surface area contributed by atoms with Crippen LogP contribution in [0.4, 0.5) is 11.4 Å². The van der Waals surface area contributed by atoms with Crippen LogP contribution in [0.1, 0.15) is 15.9 Å². The molecular weight excluding hydrogens is 416 g/mol. The van der Waals surface area contributed by atoms with Crippen LogP contribution in [0.15, 0.2) is 67.0 Å². The van der Waals surface area contributed by atoms with Crippen molar-refractivity contribution in [3.05, 3.63) is 83.1 Å². The standard InChI is InChI=1S/C23H23ClN4O3/c1-28(2)21-10-7-18(27-22(29)15-31-19-8-5-17(24)6-9-19)12-20(21)23(30)26-14-16-4-3-11-25-13-16/h3-13H,14-15H2,1-2H3,(H,26,30)(H,27,29). The van der Waals surface area contributed by atoms with E-state index in [4.69, 9.17) is 16.3 Å². The fourth-order valence-corrected chi connectivity index (χ4v) is 2.97. The van der Waals surface area contributed by atoms with E-state index in [2.05, 4.69) is 15.6 Å². The van der Waals surface area contributed by atoms with Crippen LogP contribution < -0.4 is 20.3 Å². The zero-order chi connectivity index (χ0) is 22.2. The van der Waals surface area contributed by atoms with Gasteiger partial charge in [-0.15, -0.1) is 0 Å². The molecule has 0 unspecified atom stereocenters. The van der Waals surface area contributed by atoms with Gasteiger partial charge >= 0.3 is 0 Å². The Morgan fingerprint density at radius 2 is 1.87 bits per heavy atom. The molecule has 2 N–H and O–H groups in total. The number of nitrogens with one attached hydrogen (secondary N) is 2. The van der Waals surface area contributed by atoms with Crippen LogP contribution >= 0.6 is 11.6 Å². The van der Waals surface area contributed by atoms with Gasteiger partial charge in [-0.05, 0) is 54.1 Å². The van der Waals surface area contributed by atoms with Crippen LogP contribution in [0, 0.1) is 0 Å². The van der Waals surface area contributed by atoms with Crippen molar-refractivity contribution in [2.24, 2.45) is 0 Å². The molecule has 0 aliphatic heterocycles. The van der Waals surface area contributed by atoms with Crippen molar-refractivity contribution in [1.29, 1.82) is 0 Å². The molecule has 0 aliphatic carbocycles. The van der Waals surface area contributed by atoms with E-state index in [1.165, 1.54) is 0 Å². The summed E-state index contributed by atoms with van der Waals surface area (Å²) in [6, 6.07) is 15.6. The maximum absolute atomic E-state index is 12.8. The first-order valence-corrected chi connectivity index (χ1v) is 9.97. The summed E-state index contributed by atoms with van der Waals surface area (Å²) in [5.74, 6) is -0.0479. The molecule has 0 fully saturated rings. The zero-order valence-corrected chi connectivity index (χ0v) is 18.0. The van der Waals surface area contributed by atoms with Gasteiger partial charge in [0, 0.05) is 49.4 Å². The lowest BCUT2D eigenvalue weighted by Gasteiger charge is -2.18. The molecule has 1 aromatic heterocycles. The number of carbonyl (C=O) groups is 2. The SMILES string of the molecule is CN(C)c1ccc(NC(=O)COc2ccc(Cl)cc2)cc1C(=O)NCc1cccnc1. The summed E-state index contributed by atoms with van der Waals surface area (Å²) in [5.41, 5.74) is 2.58. The zero-order valence-electron chi connectivity index (χ0n) is 17.3. The largest absolute Gasteiger partial charge is 0.484 e. The summed E-state index contributed by atoms with van der Waals surface area (Å²) < 4.78 is 5.46. The molecule has 31 heavy (non-hydrogen) atoms. The predicted molar refractivity (Wildman–Crippen MR) is 122 cm³/mol. The van der Waals surface area contributed by atoms with Crippen molar-refractivity contribution in [1.82, 2.24) is 10.3 Å². The van der Waals surface area contributed by atoms with Crippen molar-refractivity contribution < 1.29 is 14.3 Å². The Balaban J connectivity index is 1.66. The molecule has 3 aromatic rings. The van der Waals surface area contributed by atoms with Gasteiger partial charge < -0.3 is 20.3 Å². The summed E-state index contributed by atoms with van der Waals surface area (Å²) in [4.78, 5) is 31.0. The molecule has 0 spiro atoms. The number of rotatable bonds is 8. The number of ether oxygens (including phenoxy) is 1. The summed E-state index contributed by atoms with van der Waals surface area (Å²) >= 11 is 5.84. The van der Waals surface area contributed by atoms with E-state index in [0.29, 0.717) is 28.6 Å². The van der Waals surface area contributed by atoms with Gasteiger partial charge in [-0.2, -0.15) is 0 Å². The lowest BCUT2D eigenvalue weighted by atomic mass is 10.1. The Morgan fingerprint density at radius 3 is 2.55 bits per heavy atom. The van der Waals surface area contributed by atoms with E-state index in [1.54, 1.807) is 54.9 Å². The smallest absolute Gasteiger partial charge is 0.262 e. The molecule has 0 saturated carbocycles. The van der Waals surface area contributed by atoms with Crippen molar-refractivity contribution in [2.75, 3.05) is 30.9 Å². The number of amides is 2. The maximum atomic E-state index is 12.8. The number of anilines is 2. The Labute approximate surface area is 186 Å². The summed E-state index contributed by atoms with van der Waals surface area (Å²) in [6.45, 7) is 0.185. The third kappa shape index (κ3) is 6.45. The summed E-state index contributed by atoms with van der Waals surface area (Å²) in [7, 11) is 3.71. The highest BCUT2D eigenvalue weighted by atomic mass is 35.5. The lowest BCUT2D eigenvalue weighted by molar-refractivity contribution is -0.118. The second-order valence-corrected chi connectivity index (χ2v) is 7.40. The number of halogens is 1. The number of hydrogen-bond donors (Lipinski definition) is 2. The minimum atomic E-state index is -0.339. The third-order valence-corrected chi connectivity index (χ3v) is 4.62. The molecule has 2 amide bonds. The molecule has 0 radical (unpaired) electrons. The molecular formula is C23H23ClN4O3. The molecule has 0 aliphatic rings. The number of carbonyl (C=O) groups excluding carboxylic acids is 2. The summed E-state index contributed by atoms with van der Waals surface area (Å²) in [6.07, 6.45) is 3.38. The lowest BCUT2D eigenvalue weighted by Crippen LogP contribution is -2.26. The number of hydrogen-bond acceptors (Lipinski definition) is 5. The minimum Gasteiger partial charge on any atom is -0.484 e. The molecule has 0 saturated heterocycles. The van der Waals surface area contributed by atoms with E-state index in [-0.39, 0.29) is 18.4 Å². The van der Waals surface area contributed by atoms with Crippen molar-refractivity contribution in [3.8, 4) is 5.75 Å². The molecule has 1 heterocycles. The average molecular weight is 439 g/mol. The fourth-order valence-electron chi connectivity index (χ4n) is 2.84. The fraction of sp³-hybridized carbons (Fsp3) is 0.174. The number of benzene rings is 2. The van der Waals surface area contributed by atoms with E-state index < -0.39 is 0 Å². The number of nitrogens with zero attached hydrogens (tertiary/aromatic N) is 2. The predicted octanol–water partition coefficient (Wildman–Crippen LogP) is 3.75. The van der Waals surface area contributed by atoms with Gasteiger partial charge in [0.05, 0.1) is 5.56 Å². The van der Waals surface area contributed by atoms with Crippen LogP contribution in [0.5, 0.6) is 5.75 Å². The Bertz CT molecular complexity index is 1040. The molecule has 160 valence electrons. The van der Waals surface area contributed by atoms with Gasteiger partial charge in [-0.25, -0.2) is 0 Å². The highest BCUT2D eigenvalue weighted by Gasteiger charge is 2.15. The van der Waals surface area contributed by atoms with Crippen molar-refractivity contribution in [2.45, 2.75) is 6.54 Å². The van der Waals surface area contributed by atoms with Gasteiger partial charge in [-0.3, -0.25) is 14.6 Å². The molecule has 3 rings (SSSR count). The Kier molecular flexibility index (Phi) is 7.45. The first-order chi connectivity index (χ1) is 14.9. The number of pyridine rings is 1. The van der Waals surface area contributed by atoms with Crippen LogP contribution in [-0.4, -0.2) is 37.5 Å². The highest BCUT2D eigenvalue weighted by molar-refractivity contribution is 6.30. The van der Waals surface area contributed by atoms with Gasteiger partial charge in [-0.1, -0.05) is 17.7 Å². The molecule has 2 aromatic carbocycles. The molecule has 0 bridgehead atoms. The van der Waals surface area contributed by atoms with Crippen LogP contribution in [0.25, 0.3) is 0 Å². The first-order valence-electron chi connectivity index (χ1n) is 9.59. The molecule has 0 atom stereocenters. The normalized spacial score (nSPS) is 10.3. The highest BCUT2D eigenvalue weighted by Crippen LogP contribution is 2.23. The Hall–Kier alpha value is -3.58. The second-order valence-electron chi connectivity index (χ2n) is 6.96. The van der Waals surface area contributed by atoms with E-state index in [0.717, 1.165) is 11.3 Å². The van der Waals surface area contributed by atoms with E-state index >= 15 is 0 Å². The van der Waals surface area contributed by atoms with Gasteiger partial charge in [0.2, 0.25) is 0 Å². The van der Waals surface area contributed by atoms with Crippen LogP contribution in [0.3, 0.4) is 0 Å². The van der Waals surface area contributed by atoms with Gasteiger partial charge in [0.15, 0.2) is 6.61 Å². The third-order valence-electron chi connectivity index (χ3n) is 4.37. The van der Waals surface area contributed by atoms with Crippen LogP contribution in [0.2, 0.25) is 5.02 Å². The minimum absolute atomic E-state index is 0.167. The monoisotopic (exact) mass is 438 g/mol. The van der Waals surface area contributed by atoms with Crippen molar-refractivity contribution >= 4 is 34.8 Å². The summed E-state index contributed by atoms with van der Waals surface area (Å²) in [5, 5.41) is 6.24. The molecule has 8 heteroatoms. The topological polar surface area (TPSA) is 83.6 Å². The van der Waals surface area contributed by atoms with Crippen molar-refractivity contribution in [3.63, 3.8) is 0 Å². The maximum Gasteiger partial charge on any atom is 0.262 e. The van der Waals surface area contributed by atoms with Crippen LogP contribution in [-0.2, 0) is 11.3 Å². The van der Waals surface area contributed by atoms with Gasteiger partial charge in [0.1, 0.15) is 5.75 Å². The Morgan fingerprint density at radius 1 is 1.10 bits per heavy atom. The van der Waals surface area contributed by atoms with Gasteiger partial charge in [0.25, 0.3) is 11.8 Å². The average Bonchev–Trinajstić information content (AvgIpc) is 2.77. The quantitative estimate of drug-likeness (QED) is 0.559. The number of aromatic nitrogens is 1. The van der Waals surface area contributed by atoms with E-state index in [9.17, 15) is 9.59 Å². The first kappa shape index (κ1) is 22.1. The molecule has 7 nitrogen and oxygen atoms in total. The van der Waals surface area contributed by atoms with E-state index in [1.807, 2.05) is 31.1 Å². The second kappa shape index (κ2) is 10.4.